The highest BCUT2D eigenvalue weighted by molar-refractivity contribution is 5.74. The third-order valence-corrected chi connectivity index (χ3v) is 2.18. The number of hydrogen-bond acceptors (Lipinski definition) is 3. The van der Waals surface area contributed by atoms with Gasteiger partial charge in [-0.15, -0.1) is 0 Å². The second kappa shape index (κ2) is 3.73. The van der Waals surface area contributed by atoms with E-state index in [9.17, 15) is 9.90 Å². The van der Waals surface area contributed by atoms with Crippen molar-refractivity contribution in [2.75, 3.05) is 27.2 Å². The van der Waals surface area contributed by atoms with Crippen molar-refractivity contribution in [2.45, 2.75) is 12.1 Å². The predicted octanol–water partition coefficient (Wildman–Crippen LogP) is -1.41. The fourth-order valence-electron chi connectivity index (χ4n) is 1.37. The number of aliphatic hydroxyl groups is 1. The Morgan fingerprint density at radius 2 is 2.33 bits per heavy atom. The third kappa shape index (κ3) is 1.67. The molecule has 2 atom stereocenters. The molecule has 0 aromatic rings. The second-order valence-corrected chi connectivity index (χ2v) is 2.96. The van der Waals surface area contributed by atoms with Gasteiger partial charge in [0.1, 0.15) is 0 Å². The van der Waals surface area contributed by atoms with Crippen molar-refractivity contribution in [3.05, 3.63) is 0 Å². The summed E-state index contributed by atoms with van der Waals surface area (Å²) in [5.41, 5.74) is 0. The SMILES string of the molecule is CNC(=O)N(C)[C@H]1CNC[C@@H]1O. The van der Waals surface area contributed by atoms with E-state index in [0.29, 0.717) is 13.1 Å². The van der Waals surface area contributed by atoms with E-state index in [1.807, 2.05) is 0 Å². The minimum atomic E-state index is -0.452. The zero-order chi connectivity index (χ0) is 9.14. The topological polar surface area (TPSA) is 64.6 Å². The highest BCUT2D eigenvalue weighted by Crippen LogP contribution is 2.06. The molecule has 0 aromatic carbocycles. The first-order chi connectivity index (χ1) is 5.66. The van der Waals surface area contributed by atoms with Crippen LogP contribution in [0.4, 0.5) is 4.79 Å². The zero-order valence-corrected chi connectivity index (χ0v) is 7.37. The first kappa shape index (κ1) is 9.28. The molecule has 5 nitrogen and oxygen atoms in total. The number of rotatable bonds is 1. The number of nitrogens with one attached hydrogen (secondary N) is 2. The number of nitrogens with zero attached hydrogens (tertiary/aromatic N) is 1. The van der Waals surface area contributed by atoms with Gasteiger partial charge in [0, 0.05) is 27.2 Å². The van der Waals surface area contributed by atoms with Gasteiger partial charge in [-0.25, -0.2) is 4.79 Å². The molecule has 2 amide bonds. The van der Waals surface area contributed by atoms with E-state index in [4.69, 9.17) is 0 Å². The molecule has 5 heteroatoms. The van der Waals surface area contributed by atoms with Crippen LogP contribution in [0.5, 0.6) is 0 Å². The van der Waals surface area contributed by atoms with E-state index in [1.165, 1.54) is 4.90 Å². The number of carbonyl (C=O) groups excluding carboxylic acids is 1. The molecule has 0 aromatic heterocycles. The van der Waals surface area contributed by atoms with Crippen LogP contribution in [0.2, 0.25) is 0 Å². The molecule has 0 bridgehead atoms. The van der Waals surface area contributed by atoms with Crippen LogP contribution >= 0.6 is 0 Å². The maximum Gasteiger partial charge on any atom is 0.317 e. The third-order valence-electron chi connectivity index (χ3n) is 2.18. The van der Waals surface area contributed by atoms with E-state index in [0.717, 1.165) is 0 Å². The molecule has 1 rings (SSSR count). The van der Waals surface area contributed by atoms with Crippen molar-refractivity contribution in [2.24, 2.45) is 0 Å². The largest absolute Gasteiger partial charge is 0.390 e. The molecule has 0 unspecified atom stereocenters. The standard InChI is InChI=1S/C7H15N3O2/c1-8-7(12)10(2)5-3-9-4-6(5)11/h5-6,9,11H,3-4H2,1-2H3,(H,8,12)/t5-,6-/m0/s1. The van der Waals surface area contributed by atoms with E-state index >= 15 is 0 Å². The predicted molar refractivity (Wildman–Crippen MR) is 44.9 cm³/mol. The Morgan fingerprint density at radius 1 is 1.67 bits per heavy atom. The Kier molecular flexibility index (Phi) is 2.88. The number of urea groups is 1. The number of likely N-dealkylation sites (N-methyl/N-ethyl adjacent to an activating group) is 1. The maximum absolute atomic E-state index is 11.1. The summed E-state index contributed by atoms with van der Waals surface area (Å²) in [7, 11) is 3.26. The van der Waals surface area contributed by atoms with Gasteiger partial charge in [0.15, 0.2) is 0 Å². The lowest BCUT2D eigenvalue weighted by Gasteiger charge is -2.25. The second-order valence-electron chi connectivity index (χ2n) is 2.96. The monoisotopic (exact) mass is 173 g/mol. The number of hydrogen-bond donors (Lipinski definition) is 3. The van der Waals surface area contributed by atoms with Crippen LogP contribution in [0.1, 0.15) is 0 Å². The molecule has 1 heterocycles. The molecular weight excluding hydrogens is 158 g/mol. The van der Waals surface area contributed by atoms with Gasteiger partial charge in [-0.05, 0) is 0 Å². The summed E-state index contributed by atoms with van der Waals surface area (Å²) < 4.78 is 0. The summed E-state index contributed by atoms with van der Waals surface area (Å²) in [6.07, 6.45) is -0.452. The Labute approximate surface area is 71.7 Å². The van der Waals surface area contributed by atoms with E-state index < -0.39 is 6.10 Å². The quantitative estimate of drug-likeness (QED) is 0.456. The molecule has 1 saturated heterocycles. The molecule has 70 valence electrons. The minimum Gasteiger partial charge on any atom is -0.390 e. The van der Waals surface area contributed by atoms with Gasteiger partial charge in [0.2, 0.25) is 0 Å². The molecule has 1 aliphatic heterocycles. The molecule has 12 heavy (non-hydrogen) atoms. The van der Waals surface area contributed by atoms with Crippen LogP contribution in [0.15, 0.2) is 0 Å². The van der Waals surface area contributed by atoms with Crippen LogP contribution in [-0.4, -0.2) is 55.4 Å². The number of aliphatic hydroxyl groups excluding tert-OH is 1. The number of carbonyl (C=O) groups is 1. The van der Waals surface area contributed by atoms with Gasteiger partial charge in [0.25, 0.3) is 0 Å². The molecule has 1 fully saturated rings. The molecule has 0 aliphatic carbocycles. The van der Waals surface area contributed by atoms with E-state index in [2.05, 4.69) is 10.6 Å². The fourth-order valence-corrected chi connectivity index (χ4v) is 1.37. The van der Waals surface area contributed by atoms with Crippen molar-refractivity contribution in [1.82, 2.24) is 15.5 Å². The lowest BCUT2D eigenvalue weighted by atomic mass is 10.2. The molecule has 1 aliphatic rings. The van der Waals surface area contributed by atoms with E-state index in [-0.39, 0.29) is 12.1 Å². The Balaban J connectivity index is 2.51. The summed E-state index contributed by atoms with van der Waals surface area (Å²) in [6, 6.07) is -0.271. The van der Waals surface area contributed by atoms with Gasteiger partial charge in [-0.2, -0.15) is 0 Å². The molecule has 0 radical (unpaired) electrons. The van der Waals surface area contributed by atoms with Crippen LogP contribution in [0.25, 0.3) is 0 Å². The summed E-state index contributed by atoms with van der Waals surface area (Å²) in [4.78, 5) is 12.6. The number of amides is 2. The highest BCUT2D eigenvalue weighted by Gasteiger charge is 2.30. The first-order valence-corrected chi connectivity index (χ1v) is 4.00. The molecule has 0 spiro atoms. The van der Waals surface area contributed by atoms with Crippen molar-refractivity contribution < 1.29 is 9.90 Å². The van der Waals surface area contributed by atoms with Crippen molar-refractivity contribution >= 4 is 6.03 Å². The average Bonchev–Trinajstić information content (AvgIpc) is 2.48. The smallest absolute Gasteiger partial charge is 0.317 e. The van der Waals surface area contributed by atoms with Crippen molar-refractivity contribution in [3.63, 3.8) is 0 Å². The lowest BCUT2D eigenvalue weighted by Crippen LogP contribution is -2.47. The number of β-amino-alcohol motifs (C(OH)–C–C–N with tert-alkyl or cyclic N) is 1. The zero-order valence-electron chi connectivity index (χ0n) is 7.37. The maximum atomic E-state index is 11.1. The van der Waals surface area contributed by atoms with Gasteiger partial charge in [-0.1, -0.05) is 0 Å². The Hall–Kier alpha value is -0.810. The highest BCUT2D eigenvalue weighted by atomic mass is 16.3. The van der Waals surface area contributed by atoms with Crippen LogP contribution < -0.4 is 10.6 Å². The summed E-state index contributed by atoms with van der Waals surface area (Å²) in [5, 5.41) is 14.9. The summed E-state index contributed by atoms with van der Waals surface area (Å²) in [6.45, 7) is 1.22. The van der Waals surface area contributed by atoms with Gasteiger partial charge in [-0.3, -0.25) is 0 Å². The summed E-state index contributed by atoms with van der Waals surface area (Å²) in [5.74, 6) is 0. The van der Waals surface area contributed by atoms with Gasteiger partial charge in [0.05, 0.1) is 12.1 Å². The normalized spacial score (nSPS) is 28.6. The van der Waals surface area contributed by atoms with Crippen LogP contribution in [0.3, 0.4) is 0 Å². The summed E-state index contributed by atoms with van der Waals surface area (Å²) >= 11 is 0. The minimum absolute atomic E-state index is 0.107. The van der Waals surface area contributed by atoms with Crippen molar-refractivity contribution in [1.29, 1.82) is 0 Å². The van der Waals surface area contributed by atoms with Gasteiger partial charge >= 0.3 is 6.03 Å². The fraction of sp³-hybridized carbons (Fsp3) is 0.857. The Morgan fingerprint density at radius 3 is 2.75 bits per heavy atom. The average molecular weight is 173 g/mol. The van der Waals surface area contributed by atoms with Gasteiger partial charge < -0.3 is 20.6 Å². The van der Waals surface area contributed by atoms with E-state index in [1.54, 1.807) is 14.1 Å². The van der Waals surface area contributed by atoms with Crippen LogP contribution in [0, 0.1) is 0 Å². The Bertz CT molecular complexity index is 174. The van der Waals surface area contributed by atoms with Crippen LogP contribution in [-0.2, 0) is 0 Å². The molecular formula is C7H15N3O2. The lowest BCUT2D eigenvalue weighted by molar-refractivity contribution is 0.111. The molecule has 3 N–H and O–H groups in total. The first-order valence-electron chi connectivity index (χ1n) is 4.00. The molecule has 0 saturated carbocycles. The van der Waals surface area contributed by atoms with Crippen molar-refractivity contribution in [3.8, 4) is 0 Å².